The summed E-state index contributed by atoms with van der Waals surface area (Å²) in [5.41, 5.74) is 1.57. The predicted molar refractivity (Wildman–Crippen MR) is 107 cm³/mol. The molecule has 2 rings (SSSR count). The fourth-order valence-corrected chi connectivity index (χ4v) is 2.54. The molecule has 0 atom stereocenters. The Morgan fingerprint density at radius 2 is 1.54 bits per heavy atom. The third-order valence-corrected chi connectivity index (χ3v) is 4.14. The monoisotopic (exact) mass is 383 g/mol. The van der Waals surface area contributed by atoms with Crippen LogP contribution in [0.25, 0.3) is 0 Å². The lowest BCUT2D eigenvalue weighted by Crippen LogP contribution is -2.13. The molecule has 0 aliphatic heterocycles. The van der Waals surface area contributed by atoms with Crippen molar-refractivity contribution in [2.45, 2.75) is 32.6 Å². The maximum Gasteiger partial charge on any atom is 0.337 e. The van der Waals surface area contributed by atoms with Gasteiger partial charge >= 0.3 is 5.97 Å². The Labute approximate surface area is 164 Å². The van der Waals surface area contributed by atoms with E-state index in [9.17, 15) is 14.4 Å². The molecule has 2 aromatic rings. The van der Waals surface area contributed by atoms with Gasteiger partial charge in [-0.3, -0.25) is 9.59 Å². The third-order valence-electron chi connectivity index (χ3n) is 4.14. The molecule has 148 valence electrons. The molecule has 1 amide bonds. The lowest BCUT2D eigenvalue weighted by molar-refractivity contribution is -0.116. The third kappa shape index (κ3) is 6.54. The van der Waals surface area contributed by atoms with E-state index >= 15 is 0 Å². The van der Waals surface area contributed by atoms with E-state index < -0.39 is 5.97 Å². The number of hydrogen-bond donors (Lipinski definition) is 1. The molecule has 0 aromatic heterocycles. The zero-order chi connectivity index (χ0) is 20.4. The van der Waals surface area contributed by atoms with Gasteiger partial charge in [0.1, 0.15) is 5.75 Å². The number of amides is 1. The standard InChI is InChI=1S/C22H25NO5/c1-3-4-5-6-21(25)23-18-11-7-16(8-12-18)20(24)15-28-19-13-9-17(10-14-19)22(26)27-2/h7-14H,3-6,15H2,1-2H3,(H,23,25). The van der Waals surface area contributed by atoms with Gasteiger partial charge in [0.25, 0.3) is 0 Å². The minimum atomic E-state index is -0.430. The highest BCUT2D eigenvalue weighted by molar-refractivity contribution is 5.98. The normalized spacial score (nSPS) is 10.2. The number of unbranched alkanes of at least 4 members (excludes halogenated alkanes) is 2. The van der Waals surface area contributed by atoms with Gasteiger partial charge in [0, 0.05) is 17.7 Å². The van der Waals surface area contributed by atoms with Crippen LogP contribution in [0.15, 0.2) is 48.5 Å². The van der Waals surface area contributed by atoms with Gasteiger partial charge in [-0.1, -0.05) is 19.8 Å². The van der Waals surface area contributed by atoms with Crippen molar-refractivity contribution in [2.24, 2.45) is 0 Å². The summed E-state index contributed by atoms with van der Waals surface area (Å²) in [6.07, 6.45) is 3.47. The number of hydrogen-bond acceptors (Lipinski definition) is 5. The van der Waals surface area contributed by atoms with Gasteiger partial charge in [-0.05, 0) is 55.0 Å². The minimum Gasteiger partial charge on any atom is -0.485 e. The number of anilines is 1. The summed E-state index contributed by atoms with van der Waals surface area (Å²) >= 11 is 0. The van der Waals surface area contributed by atoms with E-state index in [2.05, 4.69) is 17.0 Å². The molecule has 0 bridgehead atoms. The number of Topliss-reactive ketones (excluding diaryl/α,β-unsaturated/α-hetero) is 1. The average molecular weight is 383 g/mol. The summed E-state index contributed by atoms with van der Waals surface area (Å²) in [4.78, 5) is 35.5. The van der Waals surface area contributed by atoms with Crippen LogP contribution in [-0.4, -0.2) is 31.4 Å². The lowest BCUT2D eigenvalue weighted by Gasteiger charge is -2.08. The molecule has 0 fully saturated rings. The van der Waals surface area contributed by atoms with Gasteiger partial charge in [-0.25, -0.2) is 4.79 Å². The molecule has 0 saturated carbocycles. The summed E-state index contributed by atoms with van der Waals surface area (Å²) in [6, 6.07) is 13.1. The molecule has 0 aliphatic rings. The fraction of sp³-hybridized carbons (Fsp3) is 0.318. The molecule has 0 aliphatic carbocycles. The average Bonchev–Trinajstić information content (AvgIpc) is 2.72. The molecule has 0 unspecified atom stereocenters. The predicted octanol–water partition coefficient (Wildman–Crippen LogP) is 4.25. The molecular formula is C22H25NO5. The molecule has 2 aromatic carbocycles. The first-order chi connectivity index (χ1) is 13.5. The molecule has 6 nitrogen and oxygen atoms in total. The van der Waals surface area contributed by atoms with Crippen molar-refractivity contribution in [1.29, 1.82) is 0 Å². The molecule has 1 N–H and O–H groups in total. The molecule has 0 spiro atoms. The van der Waals surface area contributed by atoms with Gasteiger partial charge in [0.15, 0.2) is 12.4 Å². The van der Waals surface area contributed by atoms with Gasteiger partial charge in [0.05, 0.1) is 12.7 Å². The lowest BCUT2D eigenvalue weighted by atomic mass is 10.1. The van der Waals surface area contributed by atoms with Crippen LogP contribution in [-0.2, 0) is 9.53 Å². The number of ketones is 1. The van der Waals surface area contributed by atoms with Gasteiger partial charge in [-0.15, -0.1) is 0 Å². The van der Waals surface area contributed by atoms with E-state index in [1.54, 1.807) is 48.5 Å². The van der Waals surface area contributed by atoms with Crippen molar-refractivity contribution < 1.29 is 23.9 Å². The Balaban J connectivity index is 1.84. The van der Waals surface area contributed by atoms with Crippen molar-refractivity contribution >= 4 is 23.3 Å². The quantitative estimate of drug-likeness (QED) is 0.377. The second-order valence-electron chi connectivity index (χ2n) is 6.31. The molecule has 0 radical (unpaired) electrons. The first-order valence-electron chi connectivity index (χ1n) is 9.27. The number of nitrogens with one attached hydrogen (secondary N) is 1. The first kappa shape index (κ1) is 21.2. The van der Waals surface area contributed by atoms with E-state index in [-0.39, 0.29) is 18.3 Å². The van der Waals surface area contributed by atoms with Crippen LogP contribution < -0.4 is 10.1 Å². The van der Waals surface area contributed by atoms with E-state index in [1.165, 1.54) is 7.11 Å². The second-order valence-corrected chi connectivity index (χ2v) is 6.31. The van der Waals surface area contributed by atoms with Gasteiger partial charge in [0.2, 0.25) is 5.91 Å². The molecule has 0 heterocycles. The summed E-state index contributed by atoms with van der Waals surface area (Å²) in [6.45, 7) is 1.97. The van der Waals surface area contributed by atoms with Crippen LogP contribution >= 0.6 is 0 Å². The molecule has 6 heteroatoms. The summed E-state index contributed by atoms with van der Waals surface area (Å²) in [5.74, 6) is -0.152. The number of methoxy groups -OCH3 is 1. The summed E-state index contributed by atoms with van der Waals surface area (Å²) in [7, 11) is 1.31. The van der Waals surface area contributed by atoms with Crippen molar-refractivity contribution in [3.8, 4) is 5.75 Å². The SMILES string of the molecule is CCCCCC(=O)Nc1ccc(C(=O)COc2ccc(C(=O)OC)cc2)cc1. The van der Waals surface area contributed by atoms with Gasteiger partial charge in [-0.2, -0.15) is 0 Å². The summed E-state index contributed by atoms with van der Waals surface area (Å²) < 4.78 is 10.1. The highest BCUT2D eigenvalue weighted by atomic mass is 16.5. The zero-order valence-electron chi connectivity index (χ0n) is 16.2. The maximum absolute atomic E-state index is 12.3. The number of benzene rings is 2. The van der Waals surface area contributed by atoms with Crippen molar-refractivity contribution in [3.63, 3.8) is 0 Å². The summed E-state index contributed by atoms with van der Waals surface area (Å²) in [5, 5.41) is 2.82. The van der Waals surface area contributed by atoms with Crippen LogP contribution in [0.2, 0.25) is 0 Å². The first-order valence-corrected chi connectivity index (χ1v) is 9.27. The van der Waals surface area contributed by atoms with Crippen LogP contribution in [0.3, 0.4) is 0 Å². The van der Waals surface area contributed by atoms with Crippen molar-refractivity contribution in [2.75, 3.05) is 19.0 Å². The Kier molecular flexibility index (Phi) is 8.21. The number of carbonyl (C=O) groups is 3. The number of ether oxygens (including phenoxy) is 2. The number of esters is 1. The van der Waals surface area contributed by atoms with E-state index in [1.807, 2.05) is 0 Å². The zero-order valence-corrected chi connectivity index (χ0v) is 16.2. The smallest absolute Gasteiger partial charge is 0.337 e. The topological polar surface area (TPSA) is 81.7 Å². The minimum absolute atomic E-state index is 0.0220. The van der Waals surface area contributed by atoms with Crippen LogP contribution in [0, 0.1) is 0 Å². The van der Waals surface area contributed by atoms with Crippen molar-refractivity contribution in [1.82, 2.24) is 0 Å². The van der Waals surface area contributed by atoms with E-state index in [4.69, 9.17) is 4.74 Å². The number of rotatable bonds is 10. The second kappa shape index (κ2) is 10.9. The van der Waals surface area contributed by atoms with Crippen molar-refractivity contribution in [3.05, 3.63) is 59.7 Å². The largest absolute Gasteiger partial charge is 0.485 e. The Morgan fingerprint density at radius 3 is 2.14 bits per heavy atom. The number of carbonyl (C=O) groups excluding carboxylic acids is 3. The van der Waals surface area contributed by atoms with E-state index in [0.717, 1.165) is 19.3 Å². The Morgan fingerprint density at radius 1 is 0.893 bits per heavy atom. The molecular weight excluding hydrogens is 358 g/mol. The van der Waals surface area contributed by atoms with E-state index in [0.29, 0.717) is 29.0 Å². The Hall–Kier alpha value is -3.15. The van der Waals surface area contributed by atoms with Crippen LogP contribution in [0.4, 0.5) is 5.69 Å². The van der Waals surface area contributed by atoms with Crippen LogP contribution in [0.1, 0.15) is 53.3 Å². The molecule has 28 heavy (non-hydrogen) atoms. The highest BCUT2D eigenvalue weighted by Gasteiger charge is 2.09. The van der Waals surface area contributed by atoms with Gasteiger partial charge < -0.3 is 14.8 Å². The van der Waals surface area contributed by atoms with Crippen LogP contribution in [0.5, 0.6) is 5.75 Å². The maximum atomic E-state index is 12.3. The Bertz CT molecular complexity index is 797. The molecule has 0 saturated heterocycles. The fourth-order valence-electron chi connectivity index (χ4n) is 2.54. The highest BCUT2D eigenvalue weighted by Crippen LogP contribution is 2.15.